The van der Waals surface area contributed by atoms with Crippen LogP contribution in [0.5, 0.6) is 23.0 Å². The van der Waals surface area contributed by atoms with Gasteiger partial charge in [-0.1, -0.05) is 37.6 Å². The third-order valence-corrected chi connectivity index (χ3v) is 7.83. The maximum atomic E-state index is 15.1. The lowest BCUT2D eigenvalue weighted by atomic mass is 9.99. The fourth-order valence-electron chi connectivity index (χ4n) is 5.18. The molecule has 4 aromatic rings. The van der Waals surface area contributed by atoms with Gasteiger partial charge in [-0.15, -0.1) is 0 Å². The Morgan fingerprint density at radius 1 is 0.933 bits per heavy atom. The van der Waals surface area contributed by atoms with E-state index in [0.29, 0.717) is 40.7 Å². The number of rotatable bonds is 12. The van der Waals surface area contributed by atoms with Crippen LogP contribution in [0.1, 0.15) is 43.7 Å². The molecule has 3 N–H and O–H groups in total. The number of aryl methyl sites for hydroxylation is 1. The van der Waals surface area contributed by atoms with Crippen LogP contribution >= 0.6 is 0 Å². The smallest absolute Gasteiger partial charge is 0.313 e. The number of anilines is 1. The number of amides is 2. The molecule has 236 valence electrons. The lowest BCUT2D eigenvalue weighted by Crippen LogP contribution is -2.34. The van der Waals surface area contributed by atoms with Gasteiger partial charge in [-0.05, 0) is 80.1 Å². The van der Waals surface area contributed by atoms with Crippen LogP contribution in [0, 0.1) is 11.7 Å². The van der Waals surface area contributed by atoms with Crippen molar-refractivity contribution in [3.63, 3.8) is 0 Å². The largest absolute Gasteiger partial charge is 0.493 e. The average Bonchev–Trinajstić information content (AvgIpc) is 3.07. The first-order valence-corrected chi connectivity index (χ1v) is 15.4. The monoisotopic (exact) mass is 614 g/mol. The summed E-state index contributed by atoms with van der Waals surface area (Å²) in [6.07, 6.45) is 6.94. The first kappa shape index (κ1) is 31.7. The minimum absolute atomic E-state index is 0.0578. The van der Waals surface area contributed by atoms with Crippen LogP contribution in [0.25, 0.3) is 10.9 Å². The Morgan fingerprint density at radius 3 is 2.44 bits per heavy atom. The average molecular weight is 615 g/mol. The summed E-state index contributed by atoms with van der Waals surface area (Å²) in [5, 5.41) is 9.01. The molecule has 1 saturated heterocycles. The summed E-state index contributed by atoms with van der Waals surface area (Å²) < 4.78 is 32.7. The fraction of sp³-hybridized carbons (Fsp3) is 0.343. The number of hydrogen-bond donors (Lipinski definition) is 3. The molecule has 0 spiro atoms. The second-order valence-corrected chi connectivity index (χ2v) is 11.1. The Labute approximate surface area is 262 Å². The zero-order valence-electron chi connectivity index (χ0n) is 25.7. The number of hydrogen-bond acceptors (Lipinski definition) is 7. The lowest BCUT2D eigenvalue weighted by molar-refractivity contribution is -0.136. The van der Waals surface area contributed by atoms with Gasteiger partial charge in [0, 0.05) is 35.9 Å². The number of aromatic nitrogens is 1. The molecule has 0 bridgehead atoms. The molecule has 0 atom stereocenters. The molecule has 2 amide bonds. The Kier molecular flexibility index (Phi) is 10.8. The number of carbonyl (C=O) groups excluding carboxylic acids is 2. The SMILES string of the molecule is CCCCc1ccc(CNC(=O)C(=O)Nc2ccc(Oc3ccnc4cc(OCC5CCNCC5)c(OC)cc34)c(F)c2)cc1. The van der Waals surface area contributed by atoms with Crippen LogP contribution in [0.2, 0.25) is 0 Å². The van der Waals surface area contributed by atoms with Gasteiger partial charge in [0.15, 0.2) is 23.1 Å². The van der Waals surface area contributed by atoms with E-state index in [9.17, 15) is 9.59 Å². The van der Waals surface area contributed by atoms with Gasteiger partial charge in [0.2, 0.25) is 0 Å². The molecule has 1 fully saturated rings. The van der Waals surface area contributed by atoms with E-state index in [0.717, 1.165) is 56.8 Å². The summed E-state index contributed by atoms with van der Waals surface area (Å²) >= 11 is 0. The third-order valence-electron chi connectivity index (χ3n) is 7.83. The van der Waals surface area contributed by atoms with Crippen molar-refractivity contribution in [2.24, 2.45) is 5.92 Å². The predicted octanol–water partition coefficient (Wildman–Crippen LogP) is 6.15. The number of benzene rings is 3. The van der Waals surface area contributed by atoms with Gasteiger partial charge in [0.25, 0.3) is 0 Å². The second-order valence-electron chi connectivity index (χ2n) is 11.1. The molecular formula is C35H39FN4O5. The highest BCUT2D eigenvalue weighted by atomic mass is 19.1. The Morgan fingerprint density at radius 2 is 1.71 bits per heavy atom. The highest BCUT2D eigenvalue weighted by Gasteiger charge is 2.18. The molecule has 5 rings (SSSR count). The van der Waals surface area contributed by atoms with Crippen molar-refractivity contribution in [2.75, 3.05) is 32.1 Å². The summed E-state index contributed by atoms with van der Waals surface area (Å²) in [6, 6.07) is 17.1. The molecule has 0 radical (unpaired) electrons. The molecule has 1 aliphatic rings. The van der Waals surface area contributed by atoms with Gasteiger partial charge in [-0.2, -0.15) is 0 Å². The van der Waals surface area contributed by atoms with E-state index < -0.39 is 17.6 Å². The minimum Gasteiger partial charge on any atom is -0.493 e. The zero-order valence-corrected chi connectivity index (χ0v) is 25.7. The summed E-state index contributed by atoms with van der Waals surface area (Å²) in [6.45, 7) is 4.91. The molecular weight excluding hydrogens is 575 g/mol. The van der Waals surface area contributed by atoms with Crippen molar-refractivity contribution < 1.29 is 28.2 Å². The van der Waals surface area contributed by atoms with E-state index in [1.165, 1.54) is 17.7 Å². The van der Waals surface area contributed by atoms with E-state index in [1.54, 1.807) is 31.5 Å². The summed E-state index contributed by atoms with van der Waals surface area (Å²) in [7, 11) is 1.56. The van der Waals surface area contributed by atoms with Crippen LogP contribution in [-0.4, -0.2) is 43.6 Å². The van der Waals surface area contributed by atoms with E-state index in [-0.39, 0.29) is 18.0 Å². The number of piperidine rings is 1. The molecule has 10 heteroatoms. The number of nitrogens with one attached hydrogen (secondary N) is 3. The Bertz CT molecular complexity index is 1620. The van der Waals surface area contributed by atoms with E-state index in [4.69, 9.17) is 14.2 Å². The van der Waals surface area contributed by atoms with E-state index >= 15 is 4.39 Å². The van der Waals surface area contributed by atoms with Crippen molar-refractivity contribution in [1.29, 1.82) is 0 Å². The molecule has 2 heterocycles. The Hall–Kier alpha value is -4.70. The number of pyridine rings is 1. The number of fused-ring (bicyclic) bond motifs is 1. The van der Waals surface area contributed by atoms with Crippen LogP contribution < -0.4 is 30.2 Å². The highest BCUT2D eigenvalue weighted by Crippen LogP contribution is 2.38. The number of ether oxygens (including phenoxy) is 3. The van der Waals surface area contributed by atoms with Crippen molar-refractivity contribution in [3.8, 4) is 23.0 Å². The minimum atomic E-state index is -0.895. The van der Waals surface area contributed by atoms with Gasteiger partial charge in [-0.3, -0.25) is 14.6 Å². The van der Waals surface area contributed by atoms with Crippen molar-refractivity contribution in [1.82, 2.24) is 15.6 Å². The first-order chi connectivity index (χ1) is 21.9. The lowest BCUT2D eigenvalue weighted by Gasteiger charge is -2.23. The summed E-state index contributed by atoms with van der Waals surface area (Å²) in [4.78, 5) is 29.3. The summed E-state index contributed by atoms with van der Waals surface area (Å²) in [5.74, 6) is -0.532. The second kappa shape index (κ2) is 15.3. The van der Waals surface area contributed by atoms with Crippen molar-refractivity contribution >= 4 is 28.4 Å². The maximum Gasteiger partial charge on any atom is 0.313 e. The molecule has 45 heavy (non-hydrogen) atoms. The quantitative estimate of drug-likeness (QED) is 0.164. The van der Waals surface area contributed by atoms with Crippen LogP contribution in [0.4, 0.5) is 10.1 Å². The molecule has 0 unspecified atom stereocenters. The van der Waals surface area contributed by atoms with E-state index in [1.807, 2.05) is 24.3 Å². The number of nitrogens with zero attached hydrogens (tertiary/aromatic N) is 1. The van der Waals surface area contributed by atoms with Gasteiger partial charge < -0.3 is 30.2 Å². The number of methoxy groups -OCH3 is 1. The first-order valence-electron chi connectivity index (χ1n) is 15.4. The fourth-order valence-corrected chi connectivity index (χ4v) is 5.18. The summed E-state index contributed by atoms with van der Waals surface area (Å²) in [5.41, 5.74) is 2.85. The molecule has 0 aliphatic carbocycles. The van der Waals surface area contributed by atoms with Gasteiger partial charge in [0.05, 0.1) is 19.2 Å². The third kappa shape index (κ3) is 8.48. The zero-order chi connectivity index (χ0) is 31.6. The van der Waals surface area contributed by atoms with Crippen molar-refractivity contribution in [3.05, 3.63) is 83.8 Å². The van der Waals surface area contributed by atoms with E-state index in [2.05, 4.69) is 27.9 Å². The molecule has 9 nitrogen and oxygen atoms in total. The maximum absolute atomic E-state index is 15.1. The van der Waals surface area contributed by atoms with Crippen LogP contribution in [0.15, 0.2) is 66.9 Å². The van der Waals surface area contributed by atoms with Crippen LogP contribution in [0.3, 0.4) is 0 Å². The van der Waals surface area contributed by atoms with Gasteiger partial charge >= 0.3 is 11.8 Å². The molecule has 1 aromatic heterocycles. The highest BCUT2D eigenvalue weighted by molar-refractivity contribution is 6.39. The van der Waals surface area contributed by atoms with Gasteiger partial charge in [0.1, 0.15) is 5.75 Å². The molecule has 0 saturated carbocycles. The van der Waals surface area contributed by atoms with Crippen LogP contribution in [-0.2, 0) is 22.6 Å². The molecule has 3 aromatic carbocycles. The Balaban J connectivity index is 1.20. The predicted molar refractivity (Wildman–Crippen MR) is 171 cm³/mol. The number of carbonyl (C=O) groups is 2. The van der Waals surface area contributed by atoms with Crippen molar-refractivity contribution in [2.45, 2.75) is 45.6 Å². The topological polar surface area (TPSA) is 111 Å². The molecule has 1 aliphatic heterocycles. The standard InChI is InChI=1S/C35H39FN4O5/c1-3-4-5-23-6-8-24(9-7-23)21-39-34(41)35(42)40-26-10-11-31(28(36)18-26)45-30-14-17-38-29-20-33(32(43-2)19-27(29)30)44-22-25-12-15-37-16-13-25/h6-11,14,17-20,25,37H,3-5,12-13,15-16,21-22H2,1-2H3,(H,39,41)(H,40,42). The normalized spacial score (nSPS) is 13.3. The number of unbranched alkanes of at least 4 members (excludes halogenated alkanes) is 1. The number of halogens is 1. The van der Waals surface area contributed by atoms with Gasteiger partial charge in [-0.25, -0.2) is 4.39 Å².